The van der Waals surface area contributed by atoms with Crippen molar-refractivity contribution in [2.75, 3.05) is 12.5 Å². The second kappa shape index (κ2) is 9.12. The third kappa shape index (κ3) is 5.52. The van der Waals surface area contributed by atoms with Crippen LogP contribution in [0, 0.1) is 6.92 Å². The van der Waals surface area contributed by atoms with E-state index in [9.17, 15) is 26.7 Å². The lowest BCUT2D eigenvalue weighted by Crippen LogP contribution is -2.28. The van der Waals surface area contributed by atoms with Gasteiger partial charge in [0, 0.05) is 17.6 Å². The van der Waals surface area contributed by atoms with Gasteiger partial charge < -0.3 is 9.67 Å². The van der Waals surface area contributed by atoms with E-state index in [1.807, 2.05) is 34.9 Å². The van der Waals surface area contributed by atoms with E-state index in [1.165, 1.54) is 19.1 Å². The summed E-state index contributed by atoms with van der Waals surface area (Å²) in [6.07, 6.45) is 0.847. The van der Waals surface area contributed by atoms with E-state index in [2.05, 4.69) is 0 Å². The minimum Gasteiger partial charge on any atom is -0.481 e. The molecule has 0 spiro atoms. The molecule has 10 heteroatoms. The lowest BCUT2D eigenvalue weighted by atomic mass is 9.94. The van der Waals surface area contributed by atoms with Gasteiger partial charge in [-0.3, -0.25) is 8.98 Å². The number of aliphatic carboxylic acids is 1. The Bertz CT molecular complexity index is 1370. The molecule has 3 aromatic rings. The van der Waals surface area contributed by atoms with Crippen LogP contribution < -0.4 is 0 Å². The lowest BCUT2D eigenvalue weighted by Gasteiger charge is -2.20. The normalized spacial score (nSPS) is 14.1. The molecule has 1 N–H and O–H groups in total. The van der Waals surface area contributed by atoms with Crippen molar-refractivity contribution in [1.29, 1.82) is 0 Å². The predicted molar refractivity (Wildman–Crippen MR) is 125 cm³/mol. The van der Waals surface area contributed by atoms with E-state index < -0.39 is 37.9 Å². The van der Waals surface area contributed by atoms with E-state index in [0.29, 0.717) is 22.5 Å². The van der Waals surface area contributed by atoms with Gasteiger partial charge in [0.25, 0.3) is 10.1 Å². The van der Waals surface area contributed by atoms with Crippen LogP contribution in [0.4, 0.5) is 0 Å². The van der Waals surface area contributed by atoms with E-state index in [1.54, 1.807) is 25.1 Å². The van der Waals surface area contributed by atoms with Crippen LogP contribution in [0.5, 0.6) is 0 Å². The number of carboxylic acids is 1. The summed E-state index contributed by atoms with van der Waals surface area (Å²) in [5.41, 5.74) is 3.06. The molecular formula is C23H25NO7S2. The zero-order valence-electron chi connectivity index (χ0n) is 18.6. The molecule has 8 nitrogen and oxygen atoms in total. The van der Waals surface area contributed by atoms with Crippen molar-refractivity contribution < 1.29 is 30.9 Å². The summed E-state index contributed by atoms with van der Waals surface area (Å²) in [6.45, 7) is 3.15. The molecule has 0 saturated carbocycles. The van der Waals surface area contributed by atoms with Crippen LogP contribution in [0.25, 0.3) is 16.9 Å². The Morgan fingerprint density at radius 3 is 2.03 bits per heavy atom. The van der Waals surface area contributed by atoms with Crippen LogP contribution in [0.2, 0.25) is 0 Å². The summed E-state index contributed by atoms with van der Waals surface area (Å²) < 4.78 is 53.8. The Hall–Kier alpha value is -2.95. The zero-order chi connectivity index (χ0) is 24.6. The summed E-state index contributed by atoms with van der Waals surface area (Å²) in [5, 5.41) is 9.93. The van der Waals surface area contributed by atoms with Crippen LogP contribution >= 0.6 is 0 Å². The van der Waals surface area contributed by atoms with Crippen molar-refractivity contribution in [3.05, 3.63) is 71.9 Å². The molecular weight excluding hydrogens is 466 g/mol. The number of carboxylic acid groups (broad SMARTS) is 1. The average molecular weight is 492 g/mol. The third-order valence-electron chi connectivity index (χ3n) is 5.28. The van der Waals surface area contributed by atoms with E-state index >= 15 is 0 Å². The highest BCUT2D eigenvalue weighted by molar-refractivity contribution is 7.90. The number of sulfone groups is 1. The molecule has 2 atom stereocenters. The maximum absolute atomic E-state index is 12.2. The van der Waals surface area contributed by atoms with Crippen LogP contribution in [0.15, 0.2) is 65.6 Å². The number of nitrogens with zero attached hydrogens (tertiary/aromatic N) is 1. The number of para-hydroxylation sites is 1. The average Bonchev–Trinajstić information content (AvgIpc) is 3.03. The number of hydrogen-bond acceptors (Lipinski definition) is 6. The second-order valence-electron chi connectivity index (χ2n) is 7.86. The number of rotatable bonds is 8. The van der Waals surface area contributed by atoms with Gasteiger partial charge in [-0.05, 0) is 55.3 Å². The second-order valence-corrected chi connectivity index (χ2v) is 11.5. The van der Waals surface area contributed by atoms with Crippen LogP contribution in [-0.2, 0) is 28.9 Å². The predicted octanol–water partition coefficient (Wildman–Crippen LogP) is 3.39. The molecule has 0 amide bonds. The van der Waals surface area contributed by atoms with Gasteiger partial charge in [0.15, 0.2) is 9.84 Å². The van der Waals surface area contributed by atoms with Gasteiger partial charge in [-0.25, -0.2) is 8.42 Å². The van der Waals surface area contributed by atoms with Gasteiger partial charge in [0.1, 0.15) is 5.92 Å². The highest BCUT2D eigenvalue weighted by atomic mass is 32.2. The number of hydrogen-bond donors (Lipinski definition) is 1. The lowest BCUT2D eigenvalue weighted by molar-refractivity contribution is -0.140. The number of aromatic nitrogens is 1. The Balaban J connectivity index is 2.23. The maximum Gasteiger partial charge on any atom is 0.313 e. The monoisotopic (exact) mass is 491 g/mol. The standard InChI is InChI=1S/C23H25NO7S2/c1-15-20(22(23(25)26)16(2)31-33(4,29)30)14-21(24(15)18-8-6-5-7-9-18)17-10-12-19(13-11-17)32(3,27)28/h5-14,16,22H,1-4H3,(H,25,26). The topological polar surface area (TPSA) is 120 Å². The summed E-state index contributed by atoms with van der Waals surface area (Å²) in [5.74, 6) is -2.47. The first-order chi connectivity index (χ1) is 15.3. The molecule has 176 valence electrons. The Morgan fingerprint density at radius 1 is 0.970 bits per heavy atom. The maximum atomic E-state index is 12.2. The van der Waals surface area contributed by atoms with Gasteiger partial charge in [0.2, 0.25) is 0 Å². The first kappa shape index (κ1) is 24.7. The molecule has 2 unspecified atom stereocenters. The van der Waals surface area contributed by atoms with Gasteiger partial charge in [-0.2, -0.15) is 8.42 Å². The molecule has 0 aliphatic rings. The summed E-state index contributed by atoms with van der Waals surface area (Å²) in [6, 6.07) is 17.2. The van der Waals surface area contributed by atoms with Crippen molar-refractivity contribution >= 4 is 25.9 Å². The van der Waals surface area contributed by atoms with Crippen molar-refractivity contribution in [3.8, 4) is 16.9 Å². The molecule has 0 aliphatic heterocycles. The van der Waals surface area contributed by atoms with Crippen LogP contribution in [0.3, 0.4) is 0 Å². The molecule has 2 aromatic carbocycles. The highest BCUT2D eigenvalue weighted by Crippen LogP contribution is 2.36. The van der Waals surface area contributed by atoms with E-state index in [0.717, 1.165) is 18.2 Å². The zero-order valence-corrected chi connectivity index (χ0v) is 20.2. The minimum atomic E-state index is -3.88. The van der Waals surface area contributed by atoms with E-state index in [4.69, 9.17) is 4.18 Å². The van der Waals surface area contributed by atoms with Crippen molar-refractivity contribution in [1.82, 2.24) is 4.57 Å². The first-order valence-corrected chi connectivity index (χ1v) is 13.7. The van der Waals surface area contributed by atoms with E-state index in [-0.39, 0.29) is 4.90 Å². The minimum absolute atomic E-state index is 0.166. The molecule has 1 aromatic heterocycles. The van der Waals surface area contributed by atoms with Gasteiger partial charge in [-0.15, -0.1) is 0 Å². The smallest absolute Gasteiger partial charge is 0.313 e. The Labute approximate surface area is 193 Å². The summed E-state index contributed by atoms with van der Waals surface area (Å²) >= 11 is 0. The number of carbonyl (C=O) groups is 1. The molecule has 0 aliphatic carbocycles. The van der Waals surface area contributed by atoms with Crippen molar-refractivity contribution in [3.63, 3.8) is 0 Å². The molecule has 33 heavy (non-hydrogen) atoms. The fourth-order valence-corrected chi connectivity index (χ4v) is 5.15. The largest absolute Gasteiger partial charge is 0.481 e. The SMILES string of the molecule is Cc1c(C(C(=O)O)C(C)OS(C)(=O)=O)cc(-c2ccc(S(C)(=O)=O)cc2)n1-c1ccccc1. The molecule has 3 rings (SSSR count). The summed E-state index contributed by atoms with van der Waals surface area (Å²) in [7, 11) is -7.25. The van der Waals surface area contributed by atoms with Crippen LogP contribution in [-0.4, -0.2) is 51.1 Å². The fraction of sp³-hybridized carbons (Fsp3) is 0.261. The van der Waals surface area contributed by atoms with Gasteiger partial charge in [0.05, 0.1) is 22.9 Å². The third-order valence-corrected chi connectivity index (χ3v) is 7.06. The summed E-state index contributed by atoms with van der Waals surface area (Å²) in [4.78, 5) is 12.3. The molecule has 0 fully saturated rings. The van der Waals surface area contributed by atoms with Crippen molar-refractivity contribution in [2.45, 2.75) is 30.8 Å². The molecule has 0 radical (unpaired) electrons. The number of benzene rings is 2. The first-order valence-electron chi connectivity index (χ1n) is 9.99. The van der Waals surface area contributed by atoms with Crippen LogP contribution in [0.1, 0.15) is 24.1 Å². The quantitative estimate of drug-likeness (QED) is 0.480. The molecule has 0 saturated heterocycles. The molecule has 1 heterocycles. The van der Waals surface area contributed by atoms with Crippen molar-refractivity contribution in [2.24, 2.45) is 0 Å². The fourth-order valence-electron chi connectivity index (χ4n) is 3.85. The van der Waals surface area contributed by atoms with Gasteiger partial charge in [-0.1, -0.05) is 30.3 Å². The van der Waals surface area contributed by atoms with Gasteiger partial charge >= 0.3 is 5.97 Å². The highest BCUT2D eigenvalue weighted by Gasteiger charge is 2.33. The molecule has 0 bridgehead atoms. The Morgan fingerprint density at radius 2 is 1.55 bits per heavy atom. The Kier molecular flexibility index (Phi) is 6.83.